The van der Waals surface area contributed by atoms with Crippen molar-refractivity contribution in [2.24, 2.45) is 10.8 Å². The summed E-state index contributed by atoms with van der Waals surface area (Å²) >= 11 is 6.24. The summed E-state index contributed by atoms with van der Waals surface area (Å²) in [6, 6.07) is 18.9. The van der Waals surface area contributed by atoms with E-state index in [1.165, 1.54) is 0 Å². The van der Waals surface area contributed by atoms with Crippen LogP contribution in [-0.2, 0) is 9.59 Å². The highest BCUT2D eigenvalue weighted by molar-refractivity contribution is 6.31. The number of ether oxygens (including phenoxy) is 1. The number of carbonyl (C=O) groups is 5. The van der Waals surface area contributed by atoms with Crippen LogP contribution in [0.2, 0.25) is 5.02 Å². The molecule has 0 spiro atoms. The van der Waals surface area contributed by atoms with Gasteiger partial charge in [0, 0.05) is 79.0 Å². The quantitative estimate of drug-likeness (QED) is 0.163. The topological polar surface area (TPSA) is 164 Å². The average molecular weight is 794 g/mol. The van der Waals surface area contributed by atoms with Gasteiger partial charge in [0.1, 0.15) is 24.0 Å². The first-order chi connectivity index (χ1) is 27.2. The Morgan fingerprint density at radius 3 is 2.33 bits per heavy atom. The van der Waals surface area contributed by atoms with Crippen molar-refractivity contribution in [3.8, 4) is 11.8 Å². The zero-order valence-corrected chi connectivity index (χ0v) is 33.4. The predicted molar refractivity (Wildman–Crippen MR) is 215 cm³/mol. The van der Waals surface area contributed by atoms with Crippen LogP contribution < -0.4 is 25.6 Å². The second kappa shape index (κ2) is 15.8. The number of anilines is 2. The molecular weight excluding hydrogens is 746 g/mol. The van der Waals surface area contributed by atoms with Crippen LogP contribution in [-0.4, -0.2) is 96.8 Å². The summed E-state index contributed by atoms with van der Waals surface area (Å²) < 4.78 is 6.37. The summed E-state index contributed by atoms with van der Waals surface area (Å²) in [5.41, 5.74) is 2.46. The molecule has 0 bridgehead atoms. The Morgan fingerprint density at radius 2 is 1.67 bits per heavy atom. The van der Waals surface area contributed by atoms with Gasteiger partial charge in [-0.25, -0.2) is 0 Å². The third-order valence-corrected chi connectivity index (χ3v) is 12.3. The molecule has 7 rings (SSSR count). The number of benzene rings is 3. The number of piperazine rings is 1. The maximum absolute atomic E-state index is 13.5. The average Bonchev–Trinajstić information content (AvgIpc) is 3.45. The van der Waals surface area contributed by atoms with E-state index in [-0.39, 0.29) is 52.9 Å². The van der Waals surface area contributed by atoms with E-state index in [1.807, 2.05) is 24.3 Å². The number of hydrogen-bond donors (Lipinski definition) is 3. The second-order valence-electron chi connectivity index (χ2n) is 16.5. The van der Waals surface area contributed by atoms with Gasteiger partial charge in [-0.1, -0.05) is 45.4 Å². The highest BCUT2D eigenvalue weighted by atomic mass is 35.5. The molecule has 0 radical (unpaired) electrons. The maximum Gasteiger partial charge on any atom is 0.264 e. The van der Waals surface area contributed by atoms with E-state index in [2.05, 4.69) is 59.5 Å². The molecule has 1 saturated carbocycles. The Bertz CT molecular complexity index is 2120. The molecule has 1 aliphatic carbocycles. The van der Waals surface area contributed by atoms with Crippen molar-refractivity contribution in [2.75, 3.05) is 49.5 Å². The van der Waals surface area contributed by atoms with Gasteiger partial charge in [-0.2, -0.15) is 5.26 Å². The van der Waals surface area contributed by atoms with Gasteiger partial charge in [0.05, 0.1) is 21.7 Å². The highest BCUT2D eigenvalue weighted by Crippen LogP contribution is 2.55. The van der Waals surface area contributed by atoms with E-state index in [1.54, 1.807) is 36.4 Å². The summed E-state index contributed by atoms with van der Waals surface area (Å²) in [5.74, 6) is -1.59. The van der Waals surface area contributed by atoms with Crippen LogP contribution in [0.5, 0.6) is 5.75 Å². The summed E-state index contributed by atoms with van der Waals surface area (Å²) in [5, 5.41) is 18.4. The number of nitriles is 1. The number of fused-ring (bicyclic) bond motifs is 1. The van der Waals surface area contributed by atoms with E-state index in [9.17, 15) is 29.2 Å². The van der Waals surface area contributed by atoms with Gasteiger partial charge in [-0.3, -0.25) is 39.1 Å². The number of piperidine rings is 1. The van der Waals surface area contributed by atoms with E-state index in [0.717, 1.165) is 56.2 Å². The first-order valence-corrected chi connectivity index (χ1v) is 19.9. The molecule has 57 heavy (non-hydrogen) atoms. The summed E-state index contributed by atoms with van der Waals surface area (Å²) in [4.78, 5) is 69.7. The standard InChI is InChI=1S/C43H48ClN7O6/c1-42(2)40(43(3,4)41(42)57-29-15-12-27(25-45)31(44)24-29)48-36(53)26-10-13-28(14-11-26)50-22-20-49(21-23-50)19-6-5-18-46-32-9-7-8-30-35(32)39(56)51(38(30)55)33-16-17-34(52)47-37(33)54/h7-15,24,33,40-41,46H,5-6,16-23H2,1-4H3,(H,48,53)(H,47,52,54)/t33?,40-,41-. The molecule has 298 valence electrons. The third-order valence-electron chi connectivity index (χ3n) is 12.0. The molecule has 3 heterocycles. The van der Waals surface area contributed by atoms with Crippen molar-refractivity contribution in [1.82, 2.24) is 20.4 Å². The number of nitrogens with zero attached hydrogens (tertiary/aromatic N) is 4. The van der Waals surface area contributed by atoms with E-state index >= 15 is 0 Å². The summed E-state index contributed by atoms with van der Waals surface area (Å²) in [7, 11) is 0. The molecule has 0 aromatic heterocycles. The number of nitrogens with one attached hydrogen (secondary N) is 3. The van der Waals surface area contributed by atoms with Crippen molar-refractivity contribution in [1.29, 1.82) is 5.26 Å². The lowest BCUT2D eigenvalue weighted by molar-refractivity contribution is -0.164. The van der Waals surface area contributed by atoms with E-state index in [0.29, 0.717) is 34.1 Å². The molecule has 13 nitrogen and oxygen atoms in total. The third kappa shape index (κ3) is 7.68. The number of hydrogen-bond acceptors (Lipinski definition) is 10. The van der Waals surface area contributed by atoms with Crippen molar-refractivity contribution in [3.05, 3.63) is 87.9 Å². The Balaban J connectivity index is 0.842. The number of amides is 5. The molecule has 5 amide bonds. The maximum atomic E-state index is 13.5. The molecule has 1 atom stereocenters. The molecule has 14 heteroatoms. The number of unbranched alkanes of at least 4 members (excludes halogenated alkanes) is 1. The minimum Gasteiger partial charge on any atom is -0.489 e. The fourth-order valence-corrected chi connectivity index (χ4v) is 9.42. The normalized spacial score (nSPS) is 22.6. The van der Waals surface area contributed by atoms with Crippen LogP contribution >= 0.6 is 11.6 Å². The Kier molecular flexibility index (Phi) is 11.0. The molecule has 1 unspecified atom stereocenters. The van der Waals surface area contributed by atoms with Crippen molar-refractivity contribution < 1.29 is 28.7 Å². The first-order valence-electron chi connectivity index (χ1n) is 19.5. The monoisotopic (exact) mass is 793 g/mol. The van der Waals surface area contributed by atoms with Crippen LogP contribution in [0.3, 0.4) is 0 Å². The van der Waals surface area contributed by atoms with Gasteiger partial charge in [-0.15, -0.1) is 0 Å². The molecule has 2 saturated heterocycles. The van der Waals surface area contributed by atoms with Crippen LogP contribution in [0.15, 0.2) is 60.7 Å². The van der Waals surface area contributed by atoms with Crippen LogP contribution in [0, 0.1) is 22.2 Å². The molecule has 4 aliphatic rings. The number of halogens is 1. The smallest absolute Gasteiger partial charge is 0.264 e. The number of carbonyl (C=O) groups excluding carboxylic acids is 5. The van der Waals surface area contributed by atoms with Crippen LogP contribution in [0.1, 0.15) is 90.0 Å². The van der Waals surface area contributed by atoms with Gasteiger partial charge in [0.25, 0.3) is 17.7 Å². The second-order valence-corrected chi connectivity index (χ2v) is 16.9. The molecule has 3 N–H and O–H groups in total. The van der Waals surface area contributed by atoms with E-state index in [4.69, 9.17) is 16.3 Å². The zero-order valence-electron chi connectivity index (χ0n) is 32.7. The zero-order chi connectivity index (χ0) is 40.6. The molecular formula is C43H48ClN7O6. The Morgan fingerprint density at radius 1 is 0.947 bits per heavy atom. The van der Waals surface area contributed by atoms with Gasteiger partial charge < -0.3 is 20.3 Å². The van der Waals surface area contributed by atoms with Crippen molar-refractivity contribution in [2.45, 2.75) is 71.6 Å². The van der Waals surface area contributed by atoms with Gasteiger partial charge in [-0.05, 0) is 74.3 Å². The highest BCUT2D eigenvalue weighted by Gasteiger charge is 2.64. The van der Waals surface area contributed by atoms with Crippen molar-refractivity contribution in [3.63, 3.8) is 0 Å². The van der Waals surface area contributed by atoms with Crippen molar-refractivity contribution >= 4 is 52.5 Å². The summed E-state index contributed by atoms with van der Waals surface area (Å²) in [6.07, 6.45) is 1.83. The molecule has 3 aromatic rings. The van der Waals surface area contributed by atoms with Gasteiger partial charge >= 0.3 is 0 Å². The lowest BCUT2D eigenvalue weighted by atomic mass is 9.49. The Labute approximate surface area is 337 Å². The molecule has 3 aromatic carbocycles. The fraction of sp³-hybridized carbons (Fsp3) is 0.442. The van der Waals surface area contributed by atoms with Crippen LogP contribution in [0.4, 0.5) is 11.4 Å². The number of imide groups is 2. The van der Waals surface area contributed by atoms with Gasteiger partial charge in [0.15, 0.2) is 0 Å². The predicted octanol–water partition coefficient (Wildman–Crippen LogP) is 5.24. The lowest BCUT2D eigenvalue weighted by Gasteiger charge is -2.63. The molecule has 3 aliphatic heterocycles. The molecule has 3 fully saturated rings. The summed E-state index contributed by atoms with van der Waals surface area (Å²) in [6.45, 7) is 13.5. The Hall–Kier alpha value is -5.45. The minimum atomic E-state index is -0.993. The SMILES string of the molecule is CC1(C)[C@H](NC(=O)c2ccc(N3CCN(CCCCNc4cccc5c4C(=O)N(C4CCC(=O)NC4=O)C5=O)CC3)cc2)C(C)(C)[C@H]1Oc1ccc(C#N)c(Cl)c1. The lowest BCUT2D eigenvalue weighted by Crippen LogP contribution is -2.74. The van der Waals surface area contributed by atoms with E-state index < -0.39 is 29.7 Å². The number of rotatable bonds is 12. The van der Waals surface area contributed by atoms with Gasteiger partial charge in [0.2, 0.25) is 11.8 Å². The van der Waals surface area contributed by atoms with Crippen LogP contribution in [0.25, 0.3) is 0 Å². The minimum absolute atomic E-state index is 0.0789. The fourth-order valence-electron chi connectivity index (χ4n) is 9.21. The first kappa shape index (κ1) is 39.8. The largest absolute Gasteiger partial charge is 0.489 e.